The third-order valence-electron chi connectivity index (χ3n) is 4.09. The highest BCUT2D eigenvalue weighted by molar-refractivity contribution is 5.59. The summed E-state index contributed by atoms with van der Waals surface area (Å²) in [4.78, 5) is 16.7. The van der Waals surface area contributed by atoms with Crippen molar-refractivity contribution >= 4 is 11.6 Å². The normalized spacial score (nSPS) is 23.8. The average molecular weight is 260 g/mol. The van der Waals surface area contributed by atoms with E-state index in [2.05, 4.69) is 29.0 Å². The fraction of sp³-hybridized carbons (Fsp3) is 0.533. The maximum absolute atomic E-state index is 11.4. The van der Waals surface area contributed by atoms with E-state index in [1.807, 2.05) is 6.08 Å². The monoisotopic (exact) mass is 260 g/mol. The molecule has 1 aliphatic carbocycles. The standard InChI is InChI=1S/C15H20N2O2/c1-2-17-9-5-6-11(10-17)12-7-3-4-8-13-14(12)19-15(18)16-13/h3,7-8,11H,2,4-6,9-10H2,1H3,(H,16,18). The van der Waals surface area contributed by atoms with E-state index in [1.54, 1.807) is 0 Å². The third kappa shape index (κ3) is 2.45. The quantitative estimate of drug-likeness (QED) is 0.847. The van der Waals surface area contributed by atoms with Crippen molar-refractivity contribution < 1.29 is 4.42 Å². The highest BCUT2D eigenvalue weighted by Gasteiger charge is 2.23. The van der Waals surface area contributed by atoms with Gasteiger partial charge in [-0.3, -0.25) is 4.98 Å². The largest absolute Gasteiger partial charge is 0.417 e. The van der Waals surface area contributed by atoms with Gasteiger partial charge in [-0.05, 0) is 32.4 Å². The van der Waals surface area contributed by atoms with Gasteiger partial charge in [0.25, 0.3) is 0 Å². The molecule has 1 aliphatic heterocycles. The zero-order chi connectivity index (χ0) is 13.2. The van der Waals surface area contributed by atoms with Gasteiger partial charge in [0.1, 0.15) is 0 Å². The van der Waals surface area contributed by atoms with Crippen LogP contribution in [0, 0.1) is 5.92 Å². The van der Waals surface area contributed by atoms with Crippen molar-refractivity contribution in [3.05, 3.63) is 33.5 Å². The number of fused-ring (bicyclic) bond motifs is 1. The fourth-order valence-corrected chi connectivity index (χ4v) is 3.07. The van der Waals surface area contributed by atoms with E-state index in [-0.39, 0.29) is 5.76 Å². The van der Waals surface area contributed by atoms with Gasteiger partial charge in [0.15, 0.2) is 5.42 Å². The number of oxazole rings is 1. The number of hydrogen-bond acceptors (Lipinski definition) is 3. The molecule has 0 spiro atoms. The van der Waals surface area contributed by atoms with Gasteiger partial charge in [0, 0.05) is 18.0 Å². The van der Waals surface area contributed by atoms with E-state index in [0.717, 1.165) is 30.3 Å². The van der Waals surface area contributed by atoms with Crippen LogP contribution >= 0.6 is 0 Å². The third-order valence-corrected chi connectivity index (χ3v) is 4.09. The molecule has 2 aliphatic rings. The summed E-state index contributed by atoms with van der Waals surface area (Å²) in [5, 5.41) is 0.846. The number of nitrogens with one attached hydrogen (secondary N) is 1. The van der Waals surface area contributed by atoms with Gasteiger partial charge in [-0.15, -0.1) is 0 Å². The van der Waals surface area contributed by atoms with Gasteiger partial charge >= 0.3 is 5.76 Å². The Morgan fingerprint density at radius 1 is 1.53 bits per heavy atom. The molecule has 1 aromatic heterocycles. The minimum atomic E-state index is -0.350. The first-order chi connectivity index (χ1) is 9.28. The smallest absolute Gasteiger partial charge is 0.408 e. The van der Waals surface area contributed by atoms with Crippen molar-refractivity contribution in [3.63, 3.8) is 0 Å². The molecule has 1 fully saturated rings. The number of piperidine rings is 1. The zero-order valence-electron chi connectivity index (χ0n) is 11.3. The van der Waals surface area contributed by atoms with Gasteiger partial charge in [-0.25, -0.2) is 4.79 Å². The van der Waals surface area contributed by atoms with E-state index < -0.39 is 0 Å². The molecule has 1 aromatic rings. The Morgan fingerprint density at radius 2 is 2.42 bits per heavy atom. The fourth-order valence-electron chi connectivity index (χ4n) is 3.07. The van der Waals surface area contributed by atoms with Crippen LogP contribution in [0.4, 0.5) is 0 Å². The number of likely N-dealkylation sites (tertiary alicyclic amines) is 1. The minimum Gasteiger partial charge on any atom is -0.408 e. The molecule has 3 rings (SSSR count). The van der Waals surface area contributed by atoms with Crippen molar-refractivity contribution in [3.8, 4) is 0 Å². The molecule has 0 aromatic carbocycles. The summed E-state index contributed by atoms with van der Waals surface area (Å²) < 4.78 is 5.37. The van der Waals surface area contributed by atoms with E-state index in [9.17, 15) is 4.79 Å². The van der Waals surface area contributed by atoms with Crippen LogP contribution in [-0.2, 0) is 0 Å². The summed E-state index contributed by atoms with van der Waals surface area (Å²) in [7, 11) is 0. The highest BCUT2D eigenvalue weighted by Crippen LogP contribution is 2.24. The zero-order valence-corrected chi connectivity index (χ0v) is 11.3. The van der Waals surface area contributed by atoms with Crippen LogP contribution in [-0.4, -0.2) is 29.5 Å². The number of aromatic amines is 1. The number of hydrogen-bond donors (Lipinski definition) is 1. The van der Waals surface area contributed by atoms with Gasteiger partial charge < -0.3 is 9.32 Å². The maximum Gasteiger partial charge on any atom is 0.417 e. The Labute approximate surface area is 112 Å². The Kier molecular flexibility index (Phi) is 3.42. The lowest BCUT2D eigenvalue weighted by molar-refractivity contribution is 0.209. The molecule has 0 bridgehead atoms. The molecule has 1 unspecified atom stereocenters. The second-order valence-corrected chi connectivity index (χ2v) is 5.29. The molecular weight excluding hydrogens is 240 g/mol. The SMILES string of the molecule is CCN1CCCC(C2=c3oc(=O)[nH]c3=CCC=C2)C1. The maximum atomic E-state index is 11.4. The summed E-state index contributed by atoms with van der Waals surface area (Å²) in [6.07, 6.45) is 9.53. The molecule has 4 heteroatoms. The van der Waals surface area contributed by atoms with Crippen molar-refractivity contribution in [2.24, 2.45) is 5.92 Å². The van der Waals surface area contributed by atoms with Crippen LogP contribution in [0.2, 0.25) is 0 Å². The van der Waals surface area contributed by atoms with Crippen LogP contribution in [0.25, 0.3) is 11.6 Å². The molecule has 102 valence electrons. The Hall–Kier alpha value is -1.55. The van der Waals surface area contributed by atoms with Crippen molar-refractivity contribution in [1.29, 1.82) is 0 Å². The molecule has 19 heavy (non-hydrogen) atoms. The first-order valence-corrected chi connectivity index (χ1v) is 7.10. The molecular formula is C15H20N2O2. The van der Waals surface area contributed by atoms with Gasteiger partial charge in [0.05, 0.1) is 5.35 Å². The number of H-pyrrole nitrogens is 1. The number of allylic oxidation sites excluding steroid dienone is 2. The van der Waals surface area contributed by atoms with Crippen molar-refractivity contribution in [1.82, 2.24) is 9.88 Å². The Bertz CT molecular complexity index is 650. The molecule has 4 nitrogen and oxygen atoms in total. The molecule has 0 saturated carbocycles. The molecule has 1 N–H and O–H groups in total. The van der Waals surface area contributed by atoms with Crippen molar-refractivity contribution in [2.45, 2.75) is 26.2 Å². The van der Waals surface area contributed by atoms with Crippen molar-refractivity contribution in [2.75, 3.05) is 19.6 Å². The topological polar surface area (TPSA) is 49.2 Å². The van der Waals surface area contributed by atoms with E-state index >= 15 is 0 Å². The van der Waals surface area contributed by atoms with Gasteiger partial charge in [-0.1, -0.05) is 25.2 Å². The molecule has 0 radical (unpaired) electrons. The van der Waals surface area contributed by atoms with Crippen LogP contribution in [0.3, 0.4) is 0 Å². The minimum absolute atomic E-state index is 0.350. The lowest BCUT2D eigenvalue weighted by Gasteiger charge is -2.32. The van der Waals surface area contributed by atoms with Crippen LogP contribution in [0.5, 0.6) is 0 Å². The van der Waals surface area contributed by atoms with Crippen LogP contribution < -0.4 is 16.5 Å². The average Bonchev–Trinajstić information content (AvgIpc) is 2.69. The van der Waals surface area contributed by atoms with E-state index in [1.165, 1.54) is 25.0 Å². The molecule has 2 heterocycles. The lowest BCUT2D eigenvalue weighted by Crippen LogP contribution is -2.37. The molecule has 0 amide bonds. The number of nitrogens with zero attached hydrogens (tertiary/aromatic N) is 1. The number of aromatic nitrogens is 1. The van der Waals surface area contributed by atoms with E-state index in [4.69, 9.17) is 4.42 Å². The summed E-state index contributed by atoms with van der Waals surface area (Å²) >= 11 is 0. The first kappa shape index (κ1) is 12.5. The Balaban J connectivity index is 2.07. The molecule has 1 saturated heterocycles. The highest BCUT2D eigenvalue weighted by atomic mass is 16.4. The van der Waals surface area contributed by atoms with Crippen LogP contribution in [0.1, 0.15) is 26.2 Å². The van der Waals surface area contributed by atoms with Gasteiger partial charge in [0.2, 0.25) is 0 Å². The van der Waals surface area contributed by atoms with Crippen LogP contribution in [0.15, 0.2) is 21.4 Å². The summed E-state index contributed by atoms with van der Waals surface area (Å²) in [5.41, 5.74) is 1.93. The second-order valence-electron chi connectivity index (χ2n) is 5.29. The second kappa shape index (κ2) is 5.21. The lowest BCUT2D eigenvalue weighted by atomic mass is 9.90. The predicted octanol–water partition coefficient (Wildman–Crippen LogP) is 0.591. The number of rotatable bonds is 2. The molecule has 1 atom stereocenters. The Morgan fingerprint density at radius 3 is 3.26 bits per heavy atom. The summed E-state index contributed by atoms with van der Waals surface area (Å²) in [5.74, 6) is 0.117. The van der Waals surface area contributed by atoms with E-state index in [0.29, 0.717) is 5.92 Å². The summed E-state index contributed by atoms with van der Waals surface area (Å²) in [6.45, 7) is 5.53. The predicted molar refractivity (Wildman–Crippen MR) is 75.0 cm³/mol. The summed E-state index contributed by atoms with van der Waals surface area (Å²) in [6, 6.07) is 0. The van der Waals surface area contributed by atoms with Gasteiger partial charge in [-0.2, -0.15) is 0 Å². The first-order valence-electron chi connectivity index (χ1n) is 7.10.